The lowest BCUT2D eigenvalue weighted by Gasteiger charge is -2.29. The van der Waals surface area contributed by atoms with Crippen LogP contribution in [-0.2, 0) is 6.42 Å². The van der Waals surface area contributed by atoms with Gasteiger partial charge in [0.05, 0.1) is 6.54 Å². The SMILES string of the molecule is CCc1ccc(C(=O)CN2CCCN(C)CC2CC)cc1. The first-order chi connectivity index (χ1) is 10.1. The molecule has 1 aromatic carbocycles. The second-order valence-electron chi connectivity index (χ2n) is 6.12. The minimum absolute atomic E-state index is 0.251. The molecule has 2 rings (SSSR count). The molecule has 0 aromatic heterocycles. The number of aryl methyl sites for hydroxylation is 1. The lowest BCUT2D eigenvalue weighted by atomic mass is 10.1. The number of carbonyl (C=O) groups excluding carboxylic acids is 1. The number of carbonyl (C=O) groups is 1. The van der Waals surface area contributed by atoms with Gasteiger partial charge in [-0.15, -0.1) is 0 Å². The van der Waals surface area contributed by atoms with E-state index in [9.17, 15) is 4.79 Å². The molecule has 1 fully saturated rings. The molecule has 0 bridgehead atoms. The van der Waals surface area contributed by atoms with E-state index >= 15 is 0 Å². The molecular formula is C18H28N2O. The maximum Gasteiger partial charge on any atom is 0.176 e. The van der Waals surface area contributed by atoms with Crippen LogP contribution in [-0.4, -0.2) is 54.9 Å². The third-order valence-electron chi connectivity index (χ3n) is 4.53. The topological polar surface area (TPSA) is 23.6 Å². The van der Waals surface area contributed by atoms with E-state index in [1.165, 1.54) is 5.56 Å². The van der Waals surface area contributed by atoms with Crippen molar-refractivity contribution in [2.24, 2.45) is 0 Å². The standard InChI is InChI=1S/C18H28N2O/c1-4-15-7-9-16(10-8-15)18(21)14-20-12-6-11-19(3)13-17(20)5-2/h7-10,17H,4-6,11-14H2,1-3H3. The fourth-order valence-corrected chi connectivity index (χ4v) is 3.09. The van der Waals surface area contributed by atoms with Crippen LogP contribution in [0.4, 0.5) is 0 Å². The zero-order chi connectivity index (χ0) is 15.2. The maximum atomic E-state index is 12.5. The highest BCUT2D eigenvalue weighted by atomic mass is 16.1. The molecule has 0 aliphatic carbocycles. The van der Waals surface area contributed by atoms with E-state index in [1.807, 2.05) is 12.1 Å². The third kappa shape index (κ3) is 4.39. The molecule has 1 aliphatic rings. The summed E-state index contributed by atoms with van der Waals surface area (Å²) in [6.45, 7) is 8.14. The Morgan fingerprint density at radius 2 is 1.90 bits per heavy atom. The molecule has 1 heterocycles. The Kier molecular flexibility index (Phi) is 5.95. The summed E-state index contributed by atoms with van der Waals surface area (Å²) in [4.78, 5) is 17.3. The van der Waals surface area contributed by atoms with E-state index in [0.29, 0.717) is 12.6 Å². The van der Waals surface area contributed by atoms with Crippen molar-refractivity contribution in [3.05, 3.63) is 35.4 Å². The number of ketones is 1. The van der Waals surface area contributed by atoms with Crippen LogP contribution in [0.2, 0.25) is 0 Å². The summed E-state index contributed by atoms with van der Waals surface area (Å²) in [5, 5.41) is 0. The minimum Gasteiger partial charge on any atom is -0.305 e. The molecule has 21 heavy (non-hydrogen) atoms. The van der Waals surface area contributed by atoms with Gasteiger partial charge < -0.3 is 4.90 Å². The first-order valence-corrected chi connectivity index (χ1v) is 8.18. The van der Waals surface area contributed by atoms with Gasteiger partial charge in [0, 0.05) is 24.7 Å². The molecule has 1 saturated heterocycles. The lowest BCUT2D eigenvalue weighted by molar-refractivity contribution is 0.0888. The van der Waals surface area contributed by atoms with Gasteiger partial charge in [-0.2, -0.15) is 0 Å². The van der Waals surface area contributed by atoms with Crippen LogP contribution in [0.3, 0.4) is 0 Å². The summed E-state index contributed by atoms with van der Waals surface area (Å²) in [5.74, 6) is 0.251. The predicted octanol–water partition coefficient (Wildman–Crippen LogP) is 2.85. The van der Waals surface area contributed by atoms with Crippen LogP contribution in [0.5, 0.6) is 0 Å². The Balaban J connectivity index is 2.02. The van der Waals surface area contributed by atoms with E-state index in [2.05, 4.69) is 42.8 Å². The molecule has 3 nitrogen and oxygen atoms in total. The van der Waals surface area contributed by atoms with Crippen molar-refractivity contribution >= 4 is 5.78 Å². The summed E-state index contributed by atoms with van der Waals surface area (Å²) in [7, 11) is 2.18. The van der Waals surface area contributed by atoms with Crippen LogP contribution in [0.1, 0.15) is 42.6 Å². The van der Waals surface area contributed by atoms with E-state index in [4.69, 9.17) is 0 Å². The monoisotopic (exact) mass is 288 g/mol. The molecule has 0 saturated carbocycles. The largest absolute Gasteiger partial charge is 0.305 e. The third-order valence-corrected chi connectivity index (χ3v) is 4.53. The molecule has 0 radical (unpaired) electrons. The van der Waals surface area contributed by atoms with Crippen molar-refractivity contribution in [2.75, 3.05) is 33.2 Å². The van der Waals surface area contributed by atoms with E-state index in [1.54, 1.807) is 0 Å². The van der Waals surface area contributed by atoms with E-state index in [-0.39, 0.29) is 5.78 Å². The van der Waals surface area contributed by atoms with E-state index in [0.717, 1.165) is 44.5 Å². The van der Waals surface area contributed by atoms with Gasteiger partial charge in [0.25, 0.3) is 0 Å². The van der Waals surface area contributed by atoms with Gasteiger partial charge in [0.1, 0.15) is 0 Å². The van der Waals surface area contributed by atoms with Gasteiger partial charge in [0.2, 0.25) is 0 Å². The summed E-state index contributed by atoms with van der Waals surface area (Å²) in [6.07, 6.45) is 3.27. The van der Waals surface area contributed by atoms with Crippen LogP contribution >= 0.6 is 0 Å². The van der Waals surface area contributed by atoms with Crippen molar-refractivity contribution in [1.82, 2.24) is 9.80 Å². The molecule has 116 valence electrons. The van der Waals surface area contributed by atoms with Crippen LogP contribution in [0.25, 0.3) is 0 Å². The van der Waals surface area contributed by atoms with Crippen molar-refractivity contribution in [3.8, 4) is 0 Å². The number of benzene rings is 1. The molecule has 1 unspecified atom stereocenters. The molecule has 1 atom stereocenters. The highest BCUT2D eigenvalue weighted by molar-refractivity contribution is 5.97. The highest BCUT2D eigenvalue weighted by Crippen LogP contribution is 2.14. The Morgan fingerprint density at radius 3 is 2.52 bits per heavy atom. The fourth-order valence-electron chi connectivity index (χ4n) is 3.09. The summed E-state index contributed by atoms with van der Waals surface area (Å²) < 4.78 is 0. The Hall–Kier alpha value is -1.19. The Bertz CT molecular complexity index is 455. The summed E-state index contributed by atoms with van der Waals surface area (Å²) in [5.41, 5.74) is 2.13. The zero-order valence-corrected chi connectivity index (χ0v) is 13.6. The fraction of sp³-hybridized carbons (Fsp3) is 0.611. The van der Waals surface area contributed by atoms with Gasteiger partial charge in [0.15, 0.2) is 5.78 Å². The number of Topliss-reactive ketones (excluding diaryl/α,β-unsaturated/α-hetero) is 1. The Labute approximate surface area is 128 Å². The smallest absolute Gasteiger partial charge is 0.176 e. The minimum atomic E-state index is 0.251. The van der Waals surface area contributed by atoms with Gasteiger partial charge >= 0.3 is 0 Å². The van der Waals surface area contributed by atoms with Gasteiger partial charge in [-0.3, -0.25) is 9.69 Å². The Morgan fingerprint density at radius 1 is 1.19 bits per heavy atom. The highest BCUT2D eigenvalue weighted by Gasteiger charge is 2.24. The van der Waals surface area contributed by atoms with E-state index < -0.39 is 0 Å². The summed E-state index contributed by atoms with van der Waals surface area (Å²) in [6, 6.07) is 8.59. The van der Waals surface area contributed by atoms with Crippen molar-refractivity contribution < 1.29 is 4.79 Å². The molecule has 1 aliphatic heterocycles. The maximum absolute atomic E-state index is 12.5. The number of hydrogen-bond acceptors (Lipinski definition) is 3. The second kappa shape index (κ2) is 7.71. The first kappa shape index (κ1) is 16.2. The second-order valence-corrected chi connectivity index (χ2v) is 6.12. The quantitative estimate of drug-likeness (QED) is 0.778. The van der Waals surface area contributed by atoms with Crippen LogP contribution in [0, 0.1) is 0 Å². The van der Waals surface area contributed by atoms with Gasteiger partial charge in [-0.1, -0.05) is 38.1 Å². The molecule has 1 aromatic rings. The average Bonchev–Trinajstić information content (AvgIpc) is 2.68. The van der Waals surface area contributed by atoms with Crippen molar-refractivity contribution in [2.45, 2.75) is 39.2 Å². The number of rotatable bonds is 5. The molecule has 0 N–H and O–H groups in total. The number of hydrogen-bond donors (Lipinski definition) is 0. The molecule has 0 spiro atoms. The molecular weight excluding hydrogens is 260 g/mol. The van der Waals surface area contributed by atoms with Crippen LogP contribution in [0.15, 0.2) is 24.3 Å². The summed E-state index contributed by atoms with van der Waals surface area (Å²) >= 11 is 0. The first-order valence-electron chi connectivity index (χ1n) is 8.18. The van der Waals surface area contributed by atoms with Crippen molar-refractivity contribution in [3.63, 3.8) is 0 Å². The predicted molar refractivity (Wildman–Crippen MR) is 87.9 cm³/mol. The van der Waals surface area contributed by atoms with Crippen molar-refractivity contribution in [1.29, 1.82) is 0 Å². The zero-order valence-electron chi connectivity index (χ0n) is 13.6. The number of nitrogens with zero attached hydrogens (tertiary/aromatic N) is 2. The van der Waals surface area contributed by atoms with Crippen LogP contribution < -0.4 is 0 Å². The molecule has 3 heteroatoms. The normalized spacial score (nSPS) is 21.2. The van der Waals surface area contributed by atoms with Gasteiger partial charge in [-0.05, 0) is 38.4 Å². The molecule has 0 amide bonds. The number of likely N-dealkylation sites (N-methyl/N-ethyl adjacent to an activating group) is 1. The lowest BCUT2D eigenvalue weighted by Crippen LogP contribution is -2.42. The average molecular weight is 288 g/mol. The van der Waals surface area contributed by atoms with Gasteiger partial charge in [-0.25, -0.2) is 0 Å².